The van der Waals surface area contributed by atoms with Gasteiger partial charge in [0.05, 0.1) is 30.0 Å². The van der Waals surface area contributed by atoms with E-state index in [0.717, 1.165) is 0 Å². The van der Waals surface area contributed by atoms with E-state index in [1.165, 1.54) is 4.90 Å². The minimum atomic E-state index is -1.15. The van der Waals surface area contributed by atoms with Gasteiger partial charge in [0.25, 0.3) is 11.8 Å². The van der Waals surface area contributed by atoms with E-state index in [1.54, 1.807) is 36.5 Å². The Morgan fingerprint density at radius 3 is 2.03 bits per heavy atom. The second kappa shape index (κ2) is 8.22. The van der Waals surface area contributed by atoms with Crippen LogP contribution in [0.5, 0.6) is 11.5 Å². The fraction of sp³-hybridized carbons (Fsp3) is 0.240. The van der Waals surface area contributed by atoms with Gasteiger partial charge in [-0.25, -0.2) is 0 Å². The highest BCUT2D eigenvalue weighted by atomic mass is 16.5. The highest BCUT2D eigenvalue weighted by Crippen LogP contribution is 2.42. The molecule has 0 fully saturated rings. The van der Waals surface area contributed by atoms with Crippen molar-refractivity contribution in [2.75, 3.05) is 13.2 Å². The third-order valence-electron chi connectivity index (χ3n) is 5.51. The van der Waals surface area contributed by atoms with Crippen molar-refractivity contribution in [1.82, 2.24) is 9.88 Å². The second-order valence-corrected chi connectivity index (χ2v) is 7.31. The van der Waals surface area contributed by atoms with Crippen molar-refractivity contribution in [3.05, 3.63) is 89.2 Å². The summed E-state index contributed by atoms with van der Waals surface area (Å²) in [7, 11) is 0. The number of imide groups is 1. The molecule has 31 heavy (non-hydrogen) atoms. The molecule has 1 aromatic heterocycles. The lowest BCUT2D eigenvalue weighted by Crippen LogP contribution is -2.48. The Labute approximate surface area is 181 Å². The van der Waals surface area contributed by atoms with E-state index in [2.05, 4.69) is 4.98 Å². The fourth-order valence-electron chi connectivity index (χ4n) is 3.99. The summed E-state index contributed by atoms with van der Waals surface area (Å²) in [6.45, 7) is 6.58. The molecule has 0 N–H and O–H groups in total. The molecule has 6 heteroatoms. The monoisotopic (exact) mass is 416 g/mol. The number of ether oxygens (including phenoxy) is 2. The van der Waals surface area contributed by atoms with Crippen LogP contribution in [-0.2, 0) is 5.54 Å². The number of hydrogen-bond donors (Lipinski definition) is 0. The van der Waals surface area contributed by atoms with Crippen LogP contribution in [0.4, 0.5) is 0 Å². The van der Waals surface area contributed by atoms with Crippen LogP contribution in [0.3, 0.4) is 0 Å². The number of rotatable bonds is 7. The van der Waals surface area contributed by atoms with Crippen LogP contribution in [0, 0.1) is 0 Å². The Hall–Kier alpha value is -3.67. The van der Waals surface area contributed by atoms with Crippen molar-refractivity contribution in [3.8, 4) is 11.5 Å². The summed E-state index contributed by atoms with van der Waals surface area (Å²) in [5.74, 6) is 0.473. The Balaban J connectivity index is 1.92. The lowest BCUT2D eigenvalue weighted by atomic mass is 9.85. The highest BCUT2D eigenvalue weighted by molar-refractivity contribution is 6.22. The van der Waals surface area contributed by atoms with E-state index < -0.39 is 5.54 Å². The summed E-state index contributed by atoms with van der Waals surface area (Å²) in [5.41, 5.74) is 0.922. The third kappa shape index (κ3) is 3.34. The van der Waals surface area contributed by atoms with E-state index >= 15 is 0 Å². The molecule has 2 amide bonds. The number of hydrogen-bond acceptors (Lipinski definition) is 5. The fourth-order valence-corrected chi connectivity index (χ4v) is 3.99. The molecule has 1 aliphatic heterocycles. The molecule has 1 atom stereocenters. The van der Waals surface area contributed by atoms with E-state index in [9.17, 15) is 9.59 Å². The molecular weight excluding hydrogens is 392 g/mol. The number of aromatic nitrogens is 1. The molecule has 0 saturated heterocycles. The summed E-state index contributed by atoms with van der Waals surface area (Å²) in [6.07, 6.45) is 1.66. The Morgan fingerprint density at radius 2 is 1.45 bits per heavy atom. The number of carbonyl (C=O) groups excluding carboxylic acids is 2. The SMILES string of the molecule is CCOc1ccc([C@@](C)(c2ccccn2)N2C(=O)c3ccccc3C2=O)cc1OCC. The average molecular weight is 416 g/mol. The number of carbonyl (C=O) groups is 2. The van der Waals surface area contributed by atoms with Crippen LogP contribution in [0.2, 0.25) is 0 Å². The van der Waals surface area contributed by atoms with E-state index in [-0.39, 0.29) is 11.8 Å². The molecule has 0 unspecified atom stereocenters. The summed E-state index contributed by atoms with van der Waals surface area (Å²) >= 11 is 0. The molecule has 0 aliphatic carbocycles. The van der Waals surface area contributed by atoms with Gasteiger partial charge in [-0.15, -0.1) is 0 Å². The van der Waals surface area contributed by atoms with Crippen LogP contribution in [-0.4, -0.2) is 34.9 Å². The number of amides is 2. The van der Waals surface area contributed by atoms with Gasteiger partial charge in [0, 0.05) is 6.20 Å². The normalized spacial score (nSPS) is 14.9. The summed E-state index contributed by atoms with van der Waals surface area (Å²) in [5, 5.41) is 0. The smallest absolute Gasteiger partial charge is 0.262 e. The molecule has 158 valence electrons. The average Bonchev–Trinajstić information content (AvgIpc) is 3.06. The molecule has 6 nitrogen and oxygen atoms in total. The van der Waals surface area contributed by atoms with Crippen LogP contribution in [0.15, 0.2) is 66.9 Å². The minimum absolute atomic E-state index is 0.347. The predicted octanol–water partition coefficient (Wildman–Crippen LogP) is 4.44. The first-order chi connectivity index (χ1) is 15.0. The summed E-state index contributed by atoms with van der Waals surface area (Å²) in [6, 6.07) is 17.8. The molecule has 0 radical (unpaired) electrons. The zero-order chi connectivity index (χ0) is 22.0. The number of benzene rings is 2. The number of fused-ring (bicyclic) bond motifs is 1. The topological polar surface area (TPSA) is 68.7 Å². The van der Waals surface area contributed by atoms with Gasteiger partial charge in [-0.3, -0.25) is 19.5 Å². The van der Waals surface area contributed by atoms with Crippen LogP contribution in [0.25, 0.3) is 0 Å². The molecule has 0 bridgehead atoms. The molecular formula is C25H24N2O4. The number of pyridine rings is 1. The zero-order valence-electron chi connectivity index (χ0n) is 17.8. The Kier molecular flexibility index (Phi) is 5.46. The van der Waals surface area contributed by atoms with Gasteiger partial charge < -0.3 is 9.47 Å². The molecule has 2 heterocycles. The van der Waals surface area contributed by atoms with Gasteiger partial charge in [0.1, 0.15) is 5.54 Å². The van der Waals surface area contributed by atoms with Crippen LogP contribution < -0.4 is 9.47 Å². The lowest BCUT2D eigenvalue weighted by Gasteiger charge is -2.37. The standard InChI is InChI=1S/C25H24N2O4/c1-4-30-20-14-13-17(16-21(20)31-5-2)25(3,22-12-8-9-15-26-22)27-23(28)18-10-6-7-11-19(18)24(27)29/h6-16H,4-5H2,1-3H3/t25-/m0/s1. The Morgan fingerprint density at radius 1 is 0.839 bits per heavy atom. The molecule has 3 aromatic rings. The first-order valence-corrected chi connectivity index (χ1v) is 10.3. The minimum Gasteiger partial charge on any atom is -0.490 e. The van der Waals surface area contributed by atoms with E-state index in [1.807, 2.05) is 51.1 Å². The summed E-state index contributed by atoms with van der Waals surface area (Å²) < 4.78 is 11.5. The van der Waals surface area contributed by atoms with Crippen molar-refractivity contribution < 1.29 is 19.1 Å². The van der Waals surface area contributed by atoms with Crippen LogP contribution >= 0.6 is 0 Å². The summed E-state index contributed by atoms with van der Waals surface area (Å²) in [4.78, 5) is 32.6. The third-order valence-corrected chi connectivity index (χ3v) is 5.51. The van der Waals surface area contributed by atoms with Gasteiger partial charge in [0.15, 0.2) is 11.5 Å². The van der Waals surface area contributed by atoms with Gasteiger partial charge in [-0.05, 0) is 62.7 Å². The highest BCUT2D eigenvalue weighted by Gasteiger charge is 2.49. The van der Waals surface area contributed by atoms with Crippen molar-refractivity contribution >= 4 is 11.8 Å². The largest absolute Gasteiger partial charge is 0.490 e. The van der Waals surface area contributed by atoms with Gasteiger partial charge in [0.2, 0.25) is 0 Å². The Bertz CT molecular complexity index is 1090. The van der Waals surface area contributed by atoms with E-state index in [0.29, 0.717) is 47.1 Å². The maximum absolute atomic E-state index is 13.4. The maximum atomic E-state index is 13.4. The second-order valence-electron chi connectivity index (χ2n) is 7.31. The zero-order valence-corrected chi connectivity index (χ0v) is 17.8. The molecule has 4 rings (SSSR count). The van der Waals surface area contributed by atoms with Gasteiger partial charge in [-0.1, -0.05) is 24.3 Å². The predicted molar refractivity (Wildman–Crippen MR) is 116 cm³/mol. The van der Waals surface area contributed by atoms with Gasteiger partial charge >= 0.3 is 0 Å². The van der Waals surface area contributed by atoms with Crippen molar-refractivity contribution in [2.24, 2.45) is 0 Å². The quantitative estimate of drug-likeness (QED) is 0.533. The van der Waals surface area contributed by atoms with Crippen molar-refractivity contribution in [3.63, 3.8) is 0 Å². The van der Waals surface area contributed by atoms with E-state index in [4.69, 9.17) is 9.47 Å². The molecule has 0 spiro atoms. The molecule has 0 saturated carbocycles. The number of nitrogens with zero attached hydrogens (tertiary/aromatic N) is 2. The van der Waals surface area contributed by atoms with Crippen molar-refractivity contribution in [1.29, 1.82) is 0 Å². The van der Waals surface area contributed by atoms with Gasteiger partial charge in [-0.2, -0.15) is 0 Å². The first-order valence-electron chi connectivity index (χ1n) is 10.3. The van der Waals surface area contributed by atoms with Crippen molar-refractivity contribution in [2.45, 2.75) is 26.3 Å². The molecule has 2 aromatic carbocycles. The lowest BCUT2D eigenvalue weighted by molar-refractivity contribution is 0.0499. The van der Waals surface area contributed by atoms with Crippen LogP contribution in [0.1, 0.15) is 52.7 Å². The maximum Gasteiger partial charge on any atom is 0.262 e. The molecule has 1 aliphatic rings. The first kappa shape index (κ1) is 20.6.